The Kier molecular flexibility index (Phi) is 4.31. The van der Waals surface area contributed by atoms with Crippen LogP contribution in [0.25, 0.3) is 0 Å². The molecule has 2 aliphatic rings. The summed E-state index contributed by atoms with van der Waals surface area (Å²) in [5.41, 5.74) is -0.145. The van der Waals surface area contributed by atoms with E-state index in [1.807, 2.05) is 11.9 Å². The molecule has 2 rings (SSSR count). The predicted molar refractivity (Wildman–Crippen MR) is 74.4 cm³/mol. The van der Waals surface area contributed by atoms with E-state index in [4.69, 9.17) is 0 Å². The highest BCUT2D eigenvalue weighted by atomic mass is 16.2. The predicted octanol–water partition coefficient (Wildman–Crippen LogP) is 2.27. The van der Waals surface area contributed by atoms with E-state index in [-0.39, 0.29) is 5.41 Å². The van der Waals surface area contributed by atoms with Gasteiger partial charge in [-0.25, -0.2) is 0 Å². The van der Waals surface area contributed by atoms with Gasteiger partial charge in [0.25, 0.3) is 0 Å². The van der Waals surface area contributed by atoms with Crippen molar-refractivity contribution in [1.29, 1.82) is 0 Å². The van der Waals surface area contributed by atoms with E-state index in [1.54, 1.807) is 0 Å². The van der Waals surface area contributed by atoms with Crippen molar-refractivity contribution in [2.75, 3.05) is 26.7 Å². The molecular weight excluding hydrogens is 224 g/mol. The normalized spacial score (nSPS) is 29.1. The Bertz CT molecular complexity index is 289. The maximum Gasteiger partial charge on any atom is 0.230 e. The summed E-state index contributed by atoms with van der Waals surface area (Å²) in [4.78, 5) is 14.8. The first-order valence-electron chi connectivity index (χ1n) is 7.52. The molecule has 1 aliphatic carbocycles. The van der Waals surface area contributed by atoms with Gasteiger partial charge in [-0.3, -0.25) is 4.79 Å². The van der Waals surface area contributed by atoms with E-state index >= 15 is 0 Å². The fourth-order valence-corrected chi connectivity index (χ4v) is 3.68. The third-order valence-electron chi connectivity index (χ3n) is 5.07. The second kappa shape index (κ2) is 5.60. The minimum absolute atomic E-state index is 0.145. The van der Waals surface area contributed by atoms with Gasteiger partial charge in [0.05, 0.1) is 5.41 Å². The lowest BCUT2D eigenvalue weighted by molar-refractivity contribution is -0.142. The molecule has 1 saturated heterocycles. The molecule has 0 aromatic carbocycles. The second-order valence-electron chi connectivity index (χ2n) is 6.57. The van der Waals surface area contributed by atoms with Crippen molar-refractivity contribution < 1.29 is 4.79 Å². The number of carbonyl (C=O) groups is 1. The topological polar surface area (TPSA) is 32.3 Å². The van der Waals surface area contributed by atoms with Crippen LogP contribution in [0, 0.1) is 17.3 Å². The van der Waals surface area contributed by atoms with Gasteiger partial charge in [-0.1, -0.05) is 26.7 Å². The Morgan fingerprint density at radius 3 is 2.56 bits per heavy atom. The summed E-state index contributed by atoms with van der Waals surface area (Å²) in [7, 11) is 2.00. The van der Waals surface area contributed by atoms with E-state index in [9.17, 15) is 4.79 Å². The van der Waals surface area contributed by atoms with Gasteiger partial charge in [0.2, 0.25) is 5.91 Å². The first-order chi connectivity index (χ1) is 8.56. The minimum atomic E-state index is -0.145. The average Bonchev–Trinajstić information content (AvgIpc) is 2.98. The van der Waals surface area contributed by atoms with Crippen molar-refractivity contribution in [3.05, 3.63) is 0 Å². The Balaban J connectivity index is 1.99. The standard InChI is InChI=1S/C15H28N2O/c1-12(2)15(8-9-16-11-15)14(18)17(3)10-13-6-4-5-7-13/h12-13,16H,4-11H2,1-3H3. The first-order valence-corrected chi connectivity index (χ1v) is 7.52. The van der Waals surface area contributed by atoms with Crippen LogP contribution in [0.4, 0.5) is 0 Å². The van der Waals surface area contributed by atoms with Crippen molar-refractivity contribution in [2.45, 2.75) is 46.0 Å². The molecule has 1 N–H and O–H groups in total. The quantitative estimate of drug-likeness (QED) is 0.832. The molecule has 18 heavy (non-hydrogen) atoms. The number of carbonyl (C=O) groups excluding carboxylic acids is 1. The number of nitrogens with one attached hydrogen (secondary N) is 1. The first kappa shape index (κ1) is 13.9. The van der Waals surface area contributed by atoms with Crippen LogP contribution in [0.5, 0.6) is 0 Å². The third kappa shape index (κ3) is 2.56. The van der Waals surface area contributed by atoms with Gasteiger partial charge in [0.1, 0.15) is 0 Å². The Morgan fingerprint density at radius 1 is 1.39 bits per heavy atom. The van der Waals surface area contributed by atoms with Crippen molar-refractivity contribution in [1.82, 2.24) is 10.2 Å². The summed E-state index contributed by atoms with van der Waals surface area (Å²) in [6.45, 7) is 7.19. The summed E-state index contributed by atoms with van der Waals surface area (Å²) in [5, 5.41) is 3.38. The van der Waals surface area contributed by atoms with Crippen LogP contribution in [0.1, 0.15) is 46.0 Å². The molecule has 0 aromatic heterocycles. The van der Waals surface area contributed by atoms with E-state index in [0.29, 0.717) is 11.8 Å². The zero-order chi connectivity index (χ0) is 13.2. The largest absolute Gasteiger partial charge is 0.345 e. The molecule has 1 amide bonds. The van der Waals surface area contributed by atoms with Crippen molar-refractivity contribution >= 4 is 5.91 Å². The summed E-state index contributed by atoms with van der Waals surface area (Å²) >= 11 is 0. The molecule has 0 radical (unpaired) electrons. The van der Waals surface area contributed by atoms with Crippen LogP contribution in [-0.4, -0.2) is 37.5 Å². The van der Waals surface area contributed by atoms with Crippen molar-refractivity contribution in [2.24, 2.45) is 17.3 Å². The van der Waals surface area contributed by atoms with Gasteiger partial charge in [-0.15, -0.1) is 0 Å². The number of amides is 1. The fourth-order valence-electron chi connectivity index (χ4n) is 3.68. The lowest BCUT2D eigenvalue weighted by Crippen LogP contribution is -2.47. The Hall–Kier alpha value is -0.570. The second-order valence-corrected chi connectivity index (χ2v) is 6.57. The number of nitrogens with zero attached hydrogens (tertiary/aromatic N) is 1. The Morgan fingerprint density at radius 2 is 2.06 bits per heavy atom. The molecular formula is C15H28N2O. The van der Waals surface area contributed by atoms with Crippen molar-refractivity contribution in [3.63, 3.8) is 0 Å². The molecule has 3 nitrogen and oxygen atoms in total. The summed E-state index contributed by atoms with van der Waals surface area (Å²) < 4.78 is 0. The zero-order valence-corrected chi connectivity index (χ0v) is 12.2. The fraction of sp³-hybridized carbons (Fsp3) is 0.933. The molecule has 1 aliphatic heterocycles. The molecule has 1 heterocycles. The van der Waals surface area contributed by atoms with Crippen LogP contribution >= 0.6 is 0 Å². The molecule has 104 valence electrons. The van der Waals surface area contributed by atoms with E-state index < -0.39 is 0 Å². The van der Waals surface area contributed by atoms with Gasteiger partial charge in [-0.05, 0) is 37.6 Å². The van der Waals surface area contributed by atoms with Crippen LogP contribution in [0.3, 0.4) is 0 Å². The molecule has 0 spiro atoms. The van der Waals surface area contributed by atoms with Crippen LogP contribution in [-0.2, 0) is 4.79 Å². The summed E-state index contributed by atoms with van der Waals surface area (Å²) in [6, 6.07) is 0. The van der Waals surface area contributed by atoms with Gasteiger partial charge in [-0.2, -0.15) is 0 Å². The average molecular weight is 252 g/mol. The monoisotopic (exact) mass is 252 g/mol. The molecule has 3 heteroatoms. The van der Waals surface area contributed by atoms with Gasteiger partial charge in [0, 0.05) is 20.1 Å². The number of hydrogen-bond donors (Lipinski definition) is 1. The Labute approximate surface area is 111 Å². The lowest BCUT2D eigenvalue weighted by atomic mass is 9.75. The summed E-state index contributed by atoms with van der Waals surface area (Å²) in [6.07, 6.45) is 6.32. The van der Waals surface area contributed by atoms with Crippen molar-refractivity contribution in [3.8, 4) is 0 Å². The maximum absolute atomic E-state index is 12.8. The van der Waals surface area contributed by atoms with Gasteiger partial charge >= 0.3 is 0 Å². The lowest BCUT2D eigenvalue weighted by Gasteiger charge is -2.36. The highest BCUT2D eigenvalue weighted by Crippen LogP contribution is 2.36. The van der Waals surface area contributed by atoms with Crippen LogP contribution in [0.15, 0.2) is 0 Å². The smallest absolute Gasteiger partial charge is 0.230 e. The molecule has 1 atom stereocenters. The maximum atomic E-state index is 12.8. The highest BCUT2D eigenvalue weighted by Gasteiger charge is 2.45. The van der Waals surface area contributed by atoms with E-state index in [2.05, 4.69) is 19.2 Å². The molecule has 2 fully saturated rings. The third-order valence-corrected chi connectivity index (χ3v) is 5.07. The van der Waals surface area contributed by atoms with Crippen LogP contribution in [0.2, 0.25) is 0 Å². The van der Waals surface area contributed by atoms with Gasteiger partial charge in [0.15, 0.2) is 0 Å². The zero-order valence-electron chi connectivity index (χ0n) is 12.2. The molecule has 0 bridgehead atoms. The molecule has 1 saturated carbocycles. The summed E-state index contributed by atoms with van der Waals surface area (Å²) in [5.74, 6) is 1.54. The highest BCUT2D eigenvalue weighted by molar-refractivity contribution is 5.83. The minimum Gasteiger partial charge on any atom is -0.345 e. The van der Waals surface area contributed by atoms with E-state index in [0.717, 1.165) is 32.0 Å². The van der Waals surface area contributed by atoms with E-state index in [1.165, 1.54) is 25.7 Å². The van der Waals surface area contributed by atoms with Crippen LogP contribution < -0.4 is 5.32 Å². The van der Waals surface area contributed by atoms with Gasteiger partial charge < -0.3 is 10.2 Å². The number of hydrogen-bond acceptors (Lipinski definition) is 2. The SMILES string of the molecule is CC(C)C1(C(=O)N(C)CC2CCCC2)CCNC1. The number of rotatable bonds is 4. The molecule has 0 aromatic rings. The molecule has 1 unspecified atom stereocenters.